The van der Waals surface area contributed by atoms with E-state index >= 15 is 0 Å². The van der Waals surface area contributed by atoms with Crippen LogP contribution in [0.2, 0.25) is 0 Å². The molecule has 0 aliphatic rings. The van der Waals surface area contributed by atoms with Crippen LogP contribution in [-0.4, -0.2) is 4.98 Å². The van der Waals surface area contributed by atoms with Gasteiger partial charge in [-0.05, 0) is 25.0 Å². The van der Waals surface area contributed by atoms with E-state index < -0.39 is 6.43 Å². The number of aryl methyl sites for hydroxylation is 2. The predicted molar refractivity (Wildman–Crippen MR) is 43.3 cm³/mol. The van der Waals surface area contributed by atoms with Gasteiger partial charge in [-0.1, -0.05) is 13.0 Å². The molecule has 3 heteroatoms. The number of alkyl halides is 2. The Labute approximate surface area is 70.4 Å². The second-order valence-corrected chi connectivity index (χ2v) is 2.63. The van der Waals surface area contributed by atoms with Crippen LogP contribution in [0.5, 0.6) is 0 Å². The normalized spacial score (nSPS) is 10.8. The van der Waals surface area contributed by atoms with Gasteiger partial charge in [0.05, 0.1) is 0 Å². The van der Waals surface area contributed by atoms with E-state index in [1.807, 2.05) is 6.92 Å². The molecule has 0 saturated carbocycles. The Morgan fingerprint density at radius 3 is 2.50 bits per heavy atom. The molecule has 0 bridgehead atoms. The second-order valence-electron chi connectivity index (χ2n) is 2.63. The molecule has 1 aromatic rings. The van der Waals surface area contributed by atoms with Crippen LogP contribution in [0.15, 0.2) is 12.1 Å². The molecule has 1 aromatic heterocycles. The van der Waals surface area contributed by atoms with Crippen molar-refractivity contribution in [2.45, 2.75) is 26.7 Å². The zero-order valence-corrected chi connectivity index (χ0v) is 7.14. The van der Waals surface area contributed by atoms with E-state index in [-0.39, 0.29) is 5.69 Å². The van der Waals surface area contributed by atoms with Gasteiger partial charge in [0, 0.05) is 5.69 Å². The highest BCUT2D eigenvalue weighted by Crippen LogP contribution is 2.17. The largest absolute Gasteiger partial charge is 0.280 e. The molecule has 0 saturated heterocycles. The van der Waals surface area contributed by atoms with E-state index in [1.54, 1.807) is 13.0 Å². The van der Waals surface area contributed by atoms with Crippen LogP contribution in [0.3, 0.4) is 0 Å². The molecule has 1 rings (SSSR count). The Balaban J connectivity index is 3.02. The van der Waals surface area contributed by atoms with Gasteiger partial charge in [0.25, 0.3) is 6.43 Å². The lowest BCUT2D eigenvalue weighted by molar-refractivity contribution is 0.146. The van der Waals surface area contributed by atoms with Gasteiger partial charge >= 0.3 is 0 Å². The van der Waals surface area contributed by atoms with Gasteiger partial charge in [-0.3, -0.25) is 4.98 Å². The average molecular weight is 171 g/mol. The number of nitrogens with zero attached hydrogens (tertiary/aromatic N) is 1. The number of aromatic nitrogens is 1. The summed E-state index contributed by atoms with van der Waals surface area (Å²) in [5.74, 6) is 0. The van der Waals surface area contributed by atoms with E-state index in [9.17, 15) is 8.78 Å². The first kappa shape index (κ1) is 9.10. The van der Waals surface area contributed by atoms with Crippen LogP contribution in [-0.2, 0) is 6.42 Å². The van der Waals surface area contributed by atoms with Crippen molar-refractivity contribution < 1.29 is 8.78 Å². The molecule has 0 unspecified atom stereocenters. The number of pyridine rings is 1. The fourth-order valence-corrected chi connectivity index (χ4v) is 1.10. The summed E-state index contributed by atoms with van der Waals surface area (Å²) in [4.78, 5) is 3.79. The van der Waals surface area contributed by atoms with Gasteiger partial charge < -0.3 is 0 Å². The van der Waals surface area contributed by atoms with E-state index in [1.165, 1.54) is 6.07 Å². The minimum absolute atomic E-state index is 0.135. The summed E-state index contributed by atoms with van der Waals surface area (Å²) in [7, 11) is 0. The molecule has 66 valence electrons. The molecular formula is C9H11F2N. The summed E-state index contributed by atoms with van der Waals surface area (Å²) < 4.78 is 24.2. The summed E-state index contributed by atoms with van der Waals surface area (Å²) in [5.41, 5.74) is 1.60. The highest BCUT2D eigenvalue weighted by atomic mass is 19.3. The molecule has 0 spiro atoms. The second kappa shape index (κ2) is 3.61. The van der Waals surface area contributed by atoms with Crippen molar-refractivity contribution in [2.24, 2.45) is 0 Å². The van der Waals surface area contributed by atoms with Crippen molar-refractivity contribution in [3.8, 4) is 0 Å². The van der Waals surface area contributed by atoms with Crippen LogP contribution >= 0.6 is 0 Å². The van der Waals surface area contributed by atoms with E-state index in [2.05, 4.69) is 4.98 Å². The summed E-state index contributed by atoms with van der Waals surface area (Å²) in [6.45, 7) is 3.73. The quantitative estimate of drug-likeness (QED) is 0.666. The first-order chi connectivity index (χ1) is 5.65. The average Bonchev–Trinajstić information content (AvgIpc) is 2.04. The van der Waals surface area contributed by atoms with Crippen molar-refractivity contribution in [3.05, 3.63) is 29.1 Å². The molecule has 12 heavy (non-hydrogen) atoms. The molecule has 0 amide bonds. The van der Waals surface area contributed by atoms with Crippen molar-refractivity contribution in [1.29, 1.82) is 0 Å². The minimum Gasteiger partial charge on any atom is -0.252 e. The molecule has 0 N–H and O–H groups in total. The lowest BCUT2D eigenvalue weighted by Gasteiger charge is -2.04. The van der Waals surface area contributed by atoms with E-state index in [4.69, 9.17) is 0 Å². The minimum atomic E-state index is -2.46. The van der Waals surface area contributed by atoms with Crippen molar-refractivity contribution in [3.63, 3.8) is 0 Å². The molecule has 0 fully saturated rings. The van der Waals surface area contributed by atoms with Gasteiger partial charge in [0.15, 0.2) is 0 Å². The number of hydrogen-bond acceptors (Lipinski definition) is 1. The third-order valence-corrected chi connectivity index (χ3v) is 1.82. The number of rotatable bonds is 2. The number of halogens is 2. The zero-order valence-electron chi connectivity index (χ0n) is 7.14. The fraction of sp³-hybridized carbons (Fsp3) is 0.444. The Kier molecular flexibility index (Phi) is 2.74. The summed E-state index contributed by atoms with van der Waals surface area (Å²) in [6.07, 6.45) is -1.63. The molecule has 0 aromatic carbocycles. The molecule has 1 heterocycles. The molecule has 0 radical (unpaired) electrons. The maximum atomic E-state index is 12.1. The van der Waals surface area contributed by atoms with Gasteiger partial charge in [0.2, 0.25) is 0 Å². The first-order valence-corrected chi connectivity index (χ1v) is 3.89. The summed E-state index contributed by atoms with van der Waals surface area (Å²) in [5, 5.41) is 0. The lowest BCUT2D eigenvalue weighted by Crippen LogP contribution is -1.96. The predicted octanol–water partition coefficient (Wildman–Crippen LogP) is 2.89. The van der Waals surface area contributed by atoms with Gasteiger partial charge in [-0.25, -0.2) is 8.78 Å². The molecule has 1 nitrogen and oxygen atoms in total. The van der Waals surface area contributed by atoms with Gasteiger partial charge in [0.1, 0.15) is 5.69 Å². The van der Waals surface area contributed by atoms with Crippen molar-refractivity contribution in [2.75, 3.05) is 0 Å². The van der Waals surface area contributed by atoms with Crippen LogP contribution in [0.25, 0.3) is 0 Å². The maximum Gasteiger partial charge on any atom is 0.280 e. The fourth-order valence-electron chi connectivity index (χ4n) is 1.10. The van der Waals surface area contributed by atoms with Gasteiger partial charge in [-0.2, -0.15) is 0 Å². The summed E-state index contributed by atoms with van der Waals surface area (Å²) >= 11 is 0. The Bertz CT molecular complexity index is 271. The highest BCUT2D eigenvalue weighted by molar-refractivity contribution is 5.22. The van der Waals surface area contributed by atoms with E-state index in [0.29, 0.717) is 5.69 Å². The van der Waals surface area contributed by atoms with Crippen LogP contribution in [0.4, 0.5) is 8.78 Å². The van der Waals surface area contributed by atoms with E-state index in [0.717, 1.165) is 12.0 Å². The maximum absolute atomic E-state index is 12.1. The highest BCUT2D eigenvalue weighted by Gasteiger charge is 2.09. The molecular weight excluding hydrogens is 160 g/mol. The summed E-state index contributed by atoms with van der Waals surface area (Å²) in [6, 6.07) is 3.10. The monoisotopic (exact) mass is 171 g/mol. The Hall–Kier alpha value is -0.990. The first-order valence-electron chi connectivity index (χ1n) is 3.89. The Morgan fingerprint density at radius 2 is 2.08 bits per heavy atom. The van der Waals surface area contributed by atoms with Crippen molar-refractivity contribution >= 4 is 0 Å². The lowest BCUT2D eigenvalue weighted by atomic mass is 10.1. The molecule has 0 aliphatic carbocycles. The van der Waals surface area contributed by atoms with Crippen LogP contribution in [0, 0.1) is 6.92 Å². The zero-order chi connectivity index (χ0) is 9.14. The van der Waals surface area contributed by atoms with Crippen LogP contribution < -0.4 is 0 Å². The van der Waals surface area contributed by atoms with Crippen molar-refractivity contribution in [1.82, 2.24) is 4.98 Å². The standard InChI is InChI=1S/C9H11F2N/c1-3-7-4-5-8(9(10)11)12-6(7)2/h4-5,9H,3H2,1-2H3. The van der Waals surface area contributed by atoms with Gasteiger partial charge in [-0.15, -0.1) is 0 Å². The third kappa shape index (κ3) is 1.78. The van der Waals surface area contributed by atoms with Crippen LogP contribution in [0.1, 0.15) is 30.3 Å². The molecule has 0 atom stereocenters. The number of hydrogen-bond donors (Lipinski definition) is 0. The SMILES string of the molecule is CCc1ccc(C(F)F)nc1C. The topological polar surface area (TPSA) is 12.9 Å². The third-order valence-electron chi connectivity index (χ3n) is 1.82. The molecule has 0 aliphatic heterocycles. The Morgan fingerprint density at radius 1 is 1.42 bits per heavy atom. The smallest absolute Gasteiger partial charge is 0.252 e.